The van der Waals surface area contributed by atoms with Gasteiger partial charge in [0.25, 0.3) is 0 Å². The topological polar surface area (TPSA) is 71.9 Å². The van der Waals surface area contributed by atoms with Crippen LogP contribution in [0.2, 0.25) is 0 Å². The Labute approximate surface area is 130 Å². The van der Waals surface area contributed by atoms with E-state index < -0.39 is 5.60 Å². The molecule has 0 spiro atoms. The van der Waals surface area contributed by atoms with E-state index in [4.69, 9.17) is 9.47 Å². The van der Waals surface area contributed by atoms with Crippen LogP contribution in [0.1, 0.15) is 31.7 Å². The maximum Gasteiger partial charge on any atom is 0.410 e. The second kappa shape index (κ2) is 5.76. The summed E-state index contributed by atoms with van der Waals surface area (Å²) >= 11 is 0. The number of aliphatic hydroxyl groups is 1. The Bertz CT molecular complexity index is 548. The number of methoxy groups -OCH3 is 1. The fourth-order valence-corrected chi connectivity index (χ4v) is 3.76. The van der Waals surface area contributed by atoms with Gasteiger partial charge in [0.05, 0.1) is 19.8 Å². The molecule has 1 saturated carbocycles. The lowest BCUT2D eigenvalue weighted by molar-refractivity contribution is -0.128. The monoisotopic (exact) mass is 306 g/mol. The van der Waals surface area contributed by atoms with Crippen molar-refractivity contribution >= 4 is 6.09 Å². The first kappa shape index (κ1) is 15.1. The second-order valence-corrected chi connectivity index (χ2v) is 6.03. The normalized spacial score (nSPS) is 30.2. The van der Waals surface area contributed by atoms with Crippen LogP contribution in [0, 0.1) is 5.92 Å². The molecule has 1 aromatic rings. The highest BCUT2D eigenvalue weighted by molar-refractivity contribution is 5.68. The number of carbonyl (C=O) groups excluding carboxylic acids is 1. The molecule has 3 unspecified atom stereocenters. The van der Waals surface area contributed by atoms with Gasteiger partial charge in [-0.25, -0.2) is 9.78 Å². The third-order valence-electron chi connectivity index (χ3n) is 4.78. The van der Waals surface area contributed by atoms with Gasteiger partial charge in [-0.05, 0) is 38.2 Å². The number of amides is 1. The molecule has 0 radical (unpaired) electrons. The summed E-state index contributed by atoms with van der Waals surface area (Å²) in [6.07, 6.45) is 3.78. The predicted molar refractivity (Wildman–Crippen MR) is 79.5 cm³/mol. The largest absolute Gasteiger partial charge is 0.481 e. The molecule has 22 heavy (non-hydrogen) atoms. The van der Waals surface area contributed by atoms with Gasteiger partial charge >= 0.3 is 6.09 Å². The number of nitrogens with zero attached hydrogens (tertiary/aromatic N) is 2. The standard InChI is InChI=1S/C16H22N2O4/c1-3-22-15(19)18-10-11-4-6-13(18)16(20,8-11)12-5-7-14(21-2)17-9-12/h5,7,9,11,13,20H,3-4,6,8,10H2,1-2H3. The summed E-state index contributed by atoms with van der Waals surface area (Å²) in [5, 5.41) is 11.3. The van der Waals surface area contributed by atoms with Crippen LogP contribution in [-0.2, 0) is 10.3 Å². The first-order chi connectivity index (χ1) is 10.6. The quantitative estimate of drug-likeness (QED) is 0.923. The van der Waals surface area contributed by atoms with Crippen molar-refractivity contribution in [2.24, 2.45) is 5.92 Å². The van der Waals surface area contributed by atoms with Crippen LogP contribution in [-0.4, -0.2) is 47.4 Å². The summed E-state index contributed by atoms with van der Waals surface area (Å²) in [6, 6.07) is 3.31. The maximum absolute atomic E-state index is 12.2. The maximum atomic E-state index is 12.2. The van der Waals surface area contributed by atoms with E-state index in [1.807, 2.05) is 6.07 Å². The molecule has 6 heteroatoms. The third-order valence-corrected chi connectivity index (χ3v) is 4.78. The zero-order valence-corrected chi connectivity index (χ0v) is 13.0. The van der Waals surface area contributed by atoms with Gasteiger partial charge in [-0.2, -0.15) is 0 Å². The molecule has 3 fully saturated rings. The highest BCUT2D eigenvalue weighted by Gasteiger charge is 2.53. The summed E-state index contributed by atoms with van der Waals surface area (Å²) in [5.74, 6) is 0.803. The lowest BCUT2D eigenvalue weighted by Gasteiger charge is -2.53. The average molecular weight is 306 g/mol. The Morgan fingerprint density at radius 1 is 1.50 bits per heavy atom. The molecule has 0 aromatic carbocycles. The van der Waals surface area contributed by atoms with Gasteiger partial charge in [0.1, 0.15) is 5.60 Å². The number of fused-ring (bicyclic) bond motifs is 3. The lowest BCUT2D eigenvalue weighted by Crippen LogP contribution is -2.62. The molecular formula is C16H22N2O4. The molecule has 1 N–H and O–H groups in total. The van der Waals surface area contributed by atoms with Crippen molar-refractivity contribution in [2.75, 3.05) is 20.3 Å². The number of carbonyl (C=O) groups is 1. The Morgan fingerprint density at radius 3 is 2.91 bits per heavy atom. The molecule has 2 aliphatic heterocycles. The molecule has 3 atom stereocenters. The van der Waals surface area contributed by atoms with Crippen LogP contribution in [0.3, 0.4) is 0 Å². The molecule has 2 bridgehead atoms. The summed E-state index contributed by atoms with van der Waals surface area (Å²) in [6.45, 7) is 2.80. The molecule has 1 aromatic heterocycles. The van der Waals surface area contributed by atoms with E-state index in [2.05, 4.69) is 4.98 Å². The summed E-state index contributed by atoms with van der Waals surface area (Å²) in [4.78, 5) is 18.0. The number of rotatable bonds is 3. The van der Waals surface area contributed by atoms with Crippen LogP contribution < -0.4 is 4.74 Å². The van der Waals surface area contributed by atoms with Gasteiger partial charge in [0, 0.05) is 24.4 Å². The van der Waals surface area contributed by atoms with Crippen LogP contribution in [0.25, 0.3) is 0 Å². The van der Waals surface area contributed by atoms with Gasteiger partial charge in [0.2, 0.25) is 5.88 Å². The average Bonchev–Trinajstić information content (AvgIpc) is 2.55. The van der Waals surface area contributed by atoms with Crippen LogP contribution in [0.15, 0.2) is 18.3 Å². The van der Waals surface area contributed by atoms with Gasteiger partial charge in [0.15, 0.2) is 0 Å². The minimum absolute atomic E-state index is 0.258. The van der Waals surface area contributed by atoms with Crippen LogP contribution >= 0.6 is 0 Å². The number of pyridine rings is 1. The lowest BCUT2D eigenvalue weighted by atomic mass is 9.67. The summed E-state index contributed by atoms with van der Waals surface area (Å²) in [7, 11) is 1.56. The molecule has 6 nitrogen and oxygen atoms in total. The fourth-order valence-electron chi connectivity index (χ4n) is 3.76. The van der Waals surface area contributed by atoms with Crippen LogP contribution in [0.5, 0.6) is 5.88 Å². The Hall–Kier alpha value is -1.82. The molecular weight excluding hydrogens is 284 g/mol. The molecule has 1 amide bonds. The zero-order valence-electron chi connectivity index (χ0n) is 13.0. The van der Waals surface area contributed by atoms with E-state index in [9.17, 15) is 9.90 Å². The van der Waals surface area contributed by atoms with E-state index in [0.29, 0.717) is 31.4 Å². The number of ether oxygens (including phenoxy) is 2. The zero-order chi connectivity index (χ0) is 15.7. The molecule has 3 aliphatic rings. The van der Waals surface area contributed by atoms with Crippen molar-refractivity contribution in [1.82, 2.24) is 9.88 Å². The summed E-state index contributed by atoms with van der Waals surface area (Å²) < 4.78 is 10.2. The number of hydrogen-bond acceptors (Lipinski definition) is 5. The third kappa shape index (κ3) is 2.41. The van der Waals surface area contributed by atoms with Crippen molar-refractivity contribution in [3.05, 3.63) is 23.9 Å². The van der Waals surface area contributed by atoms with Crippen molar-refractivity contribution < 1.29 is 19.4 Å². The first-order valence-corrected chi connectivity index (χ1v) is 7.74. The first-order valence-electron chi connectivity index (χ1n) is 7.74. The molecule has 4 rings (SSSR count). The molecule has 120 valence electrons. The van der Waals surface area contributed by atoms with Crippen molar-refractivity contribution in [3.63, 3.8) is 0 Å². The van der Waals surface area contributed by atoms with E-state index in [1.54, 1.807) is 31.2 Å². The minimum Gasteiger partial charge on any atom is -0.481 e. The SMILES string of the molecule is CCOC(=O)N1CC2CCC1C(O)(c1ccc(OC)nc1)C2. The molecule has 1 aliphatic carbocycles. The highest BCUT2D eigenvalue weighted by atomic mass is 16.6. The predicted octanol–water partition coefficient (Wildman–Crippen LogP) is 1.92. The smallest absolute Gasteiger partial charge is 0.410 e. The van der Waals surface area contributed by atoms with E-state index in [0.717, 1.165) is 18.4 Å². The number of piperidine rings is 2. The van der Waals surface area contributed by atoms with Gasteiger partial charge < -0.3 is 19.5 Å². The Morgan fingerprint density at radius 2 is 2.32 bits per heavy atom. The van der Waals surface area contributed by atoms with Gasteiger partial charge in [-0.15, -0.1) is 0 Å². The van der Waals surface area contributed by atoms with E-state index >= 15 is 0 Å². The van der Waals surface area contributed by atoms with Crippen LogP contribution in [0.4, 0.5) is 4.79 Å². The van der Waals surface area contributed by atoms with Crippen molar-refractivity contribution in [2.45, 2.75) is 37.8 Å². The van der Waals surface area contributed by atoms with Crippen molar-refractivity contribution in [3.8, 4) is 5.88 Å². The molecule has 3 heterocycles. The number of hydrogen-bond donors (Lipinski definition) is 1. The fraction of sp³-hybridized carbons (Fsp3) is 0.625. The molecule has 2 saturated heterocycles. The summed E-state index contributed by atoms with van der Waals surface area (Å²) in [5.41, 5.74) is -0.329. The van der Waals surface area contributed by atoms with Crippen molar-refractivity contribution in [1.29, 1.82) is 0 Å². The van der Waals surface area contributed by atoms with E-state index in [1.165, 1.54) is 0 Å². The second-order valence-electron chi connectivity index (χ2n) is 6.03. The van der Waals surface area contributed by atoms with Gasteiger partial charge in [-0.1, -0.05) is 0 Å². The van der Waals surface area contributed by atoms with Gasteiger partial charge in [-0.3, -0.25) is 0 Å². The van der Waals surface area contributed by atoms with E-state index in [-0.39, 0.29) is 12.1 Å². The number of aromatic nitrogens is 1. The Balaban J connectivity index is 1.89. The Kier molecular flexibility index (Phi) is 3.95. The minimum atomic E-state index is -1.06. The highest BCUT2D eigenvalue weighted by Crippen LogP contribution is 2.47.